The number of halogens is 12. The van der Waals surface area contributed by atoms with Crippen molar-refractivity contribution >= 4 is 201 Å². The highest BCUT2D eigenvalue weighted by atomic mass is 79.9. The highest BCUT2D eigenvalue weighted by Gasteiger charge is 2.45. The molecule has 0 saturated heterocycles. The van der Waals surface area contributed by atoms with Gasteiger partial charge < -0.3 is 0 Å². The number of imide groups is 2. The van der Waals surface area contributed by atoms with Gasteiger partial charge in [-0.25, -0.2) is 18.2 Å². The maximum absolute atomic E-state index is 14.2. The molecule has 6 rings (SSSR count). The van der Waals surface area contributed by atoms with E-state index in [1.54, 1.807) is 0 Å². The quantitative estimate of drug-likeness (QED) is 0.114. The second kappa shape index (κ2) is 13.3. The summed E-state index contributed by atoms with van der Waals surface area (Å²) in [7, 11) is -4.47. The highest BCUT2D eigenvalue weighted by Crippen LogP contribution is 2.50. The molecule has 21 heteroatoms. The monoisotopic (exact) mass is 1090 g/mol. The molecule has 0 bridgehead atoms. The van der Waals surface area contributed by atoms with Gasteiger partial charge >= 0.3 is 0 Å². The van der Waals surface area contributed by atoms with Gasteiger partial charge in [-0.05, 0) is 88.0 Å². The van der Waals surface area contributed by atoms with Gasteiger partial charge in [0.15, 0.2) is 0 Å². The molecule has 4 aromatic carbocycles. The maximum Gasteiger partial charge on any atom is 0.267 e. The van der Waals surface area contributed by atoms with Crippen LogP contribution in [0.3, 0.4) is 0 Å². The van der Waals surface area contributed by atoms with Crippen molar-refractivity contribution in [2.75, 3.05) is 9.80 Å². The highest BCUT2D eigenvalue weighted by molar-refractivity contribution is 9.11. The van der Waals surface area contributed by atoms with Crippen LogP contribution < -0.4 is 9.80 Å². The Morgan fingerprint density at radius 2 is 0.612 bits per heavy atom. The first kappa shape index (κ1) is 38.1. The number of carbonyl (C=O) groups excluding carboxylic acids is 4. The number of rotatable bonds is 4. The molecule has 0 aromatic heterocycles. The molecule has 2 heterocycles. The zero-order valence-corrected chi connectivity index (χ0v) is 35.8. The lowest BCUT2D eigenvalue weighted by Gasteiger charge is -2.20. The zero-order valence-electron chi connectivity index (χ0n) is 22.6. The van der Waals surface area contributed by atoms with Crippen LogP contribution in [0.4, 0.5) is 11.4 Å². The van der Waals surface area contributed by atoms with Crippen LogP contribution in [-0.2, 0) is 9.84 Å². The fraction of sp³-hybridized carbons (Fsp3) is 0. The Morgan fingerprint density at radius 3 is 0.816 bits per heavy atom. The molecule has 252 valence electrons. The van der Waals surface area contributed by atoms with Crippen molar-refractivity contribution in [1.29, 1.82) is 0 Å². The molecule has 49 heavy (non-hydrogen) atoms. The van der Waals surface area contributed by atoms with Gasteiger partial charge in [-0.2, -0.15) is 0 Å². The van der Waals surface area contributed by atoms with E-state index >= 15 is 0 Å². The second-order valence-corrected chi connectivity index (χ2v) is 18.1. The van der Waals surface area contributed by atoms with Crippen molar-refractivity contribution in [3.05, 3.63) is 105 Å². The first-order valence-corrected chi connectivity index (χ1v) is 20.2. The SMILES string of the molecule is O=C1c2c(Cl)c(Cl)c(Cl)c(Cl)c2C(=O)N1c1cc(Br)c(S(=O)(=O)c2c(Br)cc(N3C(=O)c4c(Cl)c(Cl)c(Cl)c(Cl)c4C3=O)cc2Br)c(Br)c1. The van der Waals surface area contributed by atoms with E-state index in [1.807, 2.05) is 0 Å². The van der Waals surface area contributed by atoms with Gasteiger partial charge in [0, 0.05) is 17.9 Å². The molecule has 0 fully saturated rings. The molecule has 0 aliphatic carbocycles. The predicted molar refractivity (Wildman–Crippen MR) is 204 cm³/mol. The van der Waals surface area contributed by atoms with E-state index in [-0.39, 0.29) is 101 Å². The number of hydrogen-bond donors (Lipinski definition) is 0. The molecule has 0 unspecified atom stereocenters. The summed E-state index contributed by atoms with van der Waals surface area (Å²) in [6.45, 7) is 0. The van der Waals surface area contributed by atoms with Crippen molar-refractivity contribution in [3.8, 4) is 0 Å². The zero-order chi connectivity index (χ0) is 36.3. The van der Waals surface area contributed by atoms with Crippen LogP contribution in [-0.4, -0.2) is 32.0 Å². The summed E-state index contributed by atoms with van der Waals surface area (Å²) in [6.07, 6.45) is 0. The average molecular weight is 1100 g/mol. The number of fused-ring (bicyclic) bond motifs is 2. The largest absolute Gasteiger partial charge is 0.268 e. The van der Waals surface area contributed by atoms with Crippen LogP contribution in [0.25, 0.3) is 0 Å². The average Bonchev–Trinajstić information content (AvgIpc) is 3.43. The van der Waals surface area contributed by atoms with Gasteiger partial charge in [-0.15, -0.1) is 0 Å². The fourth-order valence-corrected chi connectivity index (χ4v) is 13.5. The molecule has 8 nitrogen and oxygen atoms in total. The normalized spacial score (nSPS) is 14.4. The summed E-state index contributed by atoms with van der Waals surface area (Å²) in [5, 5.41) is -1.97. The van der Waals surface area contributed by atoms with Crippen molar-refractivity contribution in [2.24, 2.45) is 0 Å². The predicted octanol–water partition coefficient (Wildman–Crippen LogP) is 12.4. The molecule has 4 amide bonds. The number of hydrogen-bond acceptors (Lipinski definition) is 6. The van der Waals surface area contributed by atoms with Crippen molar-refractivity contribution in [3.63, 3.8) is 0 Å². The summed E-state index contributed by atoms with van der Waals surface area (Å²) in [4.78, 5) is 54.5. The number of sulfone groups is 1. The Hall–Kier alpha value is -0.650. The Morgan fingerprint density at radius 1 is 0.408 bits per heavy atom. The van der Waals surface area contributed by atoms with Gasteiger partial charge in [-0.1, -0.05) is 92.8 Å². The first-order valence-electron chi connectivity index (χ1n) is 12.5. The third-order valence-electron chi connectivity index (χ3n) is 7.22. The molecule has 0 N–H and O–H groups in total. The minimum absolute atomic E-state index is 0.0556. The smallest absolute Gasteiger partial charge is 0.267 e. The summed E-state index contributed by atoms with van der Waals surface area (Å²) < 4.78 is 28.1. The van der Waals surface area contributed by atoms with E-state index < -0.39 is 33.5 Å². The molecular weight excluding hydrogens is 1100 g/mol. The number of carbonyl (C=O) groups is 4. The molecule has 0 atom stereocenters. The summed E-state index contributed by atoms with van der Waals surface area (Å²) >= 11 is 62.4. The number of nitrogens with zero attached hydrogens (tertiary/aromatic N) is 2. The van der Waals surface area contributed by atoms with Crippen LogP contribution >= 0.6 is 157 Å². The van der Waals surface area contributed by atoms with Gasteiger partial charge in [-0.3, -0.25) is 19.2 Å². The fourth-order valence-electron chi connectivity index (χ4n) is 5.13. The lowest BCUT2D eigenvalue weighted by molar-refractivity contribution is 0.0910. The second-order valence-electron chi connectivity index (χ2n) is 9.88. The van der Waals surface area contributed by atoms with Gasteiger partial charge in [0.25, 0.3) is 23.6 Å². The van der Waals surface area contributed by atoms with Crippen molar-refractivity contribution in [1.82, 2.24) is 0 Å². The number of anilines is 2. The molecule has 0 radical (unpaired) electrons. The van der Waals surface area contributed by atoms with E-state index in [4.69, 9.17) is 92.8 Å². The van der Waals surface area contributed by atoms with Gasteiger partial charge in [0.05, 0.1) is 73.8 Å². The van der Waals surface area contributed by atoms with Gasteiger partial charge in [0.2, 0.25) is 9.84 Å². The molecule has 0 spiro atoms. The maximum atomic E-state index is 14.2. The minimum atomic E-state index is -4.47. The topological polar surface area (TPSA) is 109 Å². The lowest BCUT2D eigenvalue weighted by Crippen LogP contribution is -2.29. The van der Waals surface area contributed by atoms with Crippen LogP contribution in [0.2, 0.25) is 40.2 Å². The van der Waals surface area contributed by atoms with Crippen molar-refractivity contribution in [2.45, 2.75) is 9.79 Å². The molecular formula is C28H4Br4Cl8N2O6S. The van der Waals surface area contributed by atoms with E-state index in [2.05, 4.69) is 63.7 Å². The van der Waals surface area contributed by atoms with E-state index in [0.717, 1.165) is 9.80 Å². The third kappa shape index (κ3) is 5.64. The Bertz CT molecular complexity index is 2150. The third-order valence-corrected chi connectivity index (χ3v) is 16.3. The minimum Gasteiger partial charge on any atom is -0.268 e. The van der Waals surface area contributed by atoms with Crippen molar-refractivity contribution < 1.29 is 27.6 Å². The standard InChI is InChI=1S/C28H4Br4Cl8N2O6S/c29-7-1-5(41-25(43)11-12(26(41)44)16(34)20(38)19(37)15(11)33)2-8(30)23(7)49(47,48)24-9(31)3-6(4-10(24)32)42-27(45)13-14(28(42)46)18(36)22(40)21(39)17(13)35/h1-4H. The molecule has 2 aliphatic heterocycles. The molecule has 4 aromatic rings. The number of amides is 4. The van der Waals surface area contributed by atoms with E-state index in [1.165, 1.54) is 24.3 Å². The van der Waals surface area contributed by atoms with Crippen LogP contribution in [0.1, 0.15) is 41.4 Å². The van der Waals surface area contributed by atoms with Crippen LogP contribution in [0.5, 0.6) is 0 Å². The van der Waals surface area contributed by atoms with E-state index in [0.29, 0.717) is 0 Å². The van der Waals surface area contributed by atoms with Gasteiger partial charge in [0.1, 0.15) is 9.79 Å². The summed E-state index contributed by atoms with van der Waals surface area (Å²) in [6, 6.07) is 4.90. The Labute approximate surface area is 349 Å². The first-order chi connectivity index (χ1) is 22.7. The van der Waals surface area contributed by atoms with Crippen LogP contribution in [0.15, 0.2) is 51.9 Å². The Kier molecular flexibility index (Phi) is 10.4. The molecule has 2 aliphatic rings. The van der Waals surface area contributed by atoms with Crippen LogP contribution in [0, 0.1) is 0 Å². The number of benzene rings is 4. The summed E-state index contributed by atoms with van der Waals surface area (Å²) in [5.41, 5.74) is -1.18. The lowest BCUT2D eigenvalue weighted by atomic mass is 10.1. The molecule has 0 saturated carbocycles. The Balaban J connectivity index is 1.41. The van der Waals surface area contributed by atoms with E-state index in [9.17, 15) is 27.6 Å². The summed E-state index contributed by atoms with van der Waals surface area (Å²) in [5.74, 6) is -3.50.